The average molecular weight is 880 g/mol. The number of carbonyl (C=O) groups is 8. The molecule has 12 N–H and O–H groups in total. The Kier molecular flexibility index (Phi) is 19.7. The highest BCUT2D eigenvalue weighted by Crippen LogP contribution is 2.19. The molecule has 2 heterocycles. The summed E-state index contributed by atoms with van der Waals surface area (Å²) in [5.41, 5.74) is 7.53. The molecule has 7 atom stereocenters. The number of fused-ring (bicyclic) bond motifs is 1. The molecule has 0 aliphatic carbocycles. The number of H-pyrrole nitrogens is 2. The van der Waals surface area contributed by atoms with Crippen molar-refractivity contribution in [3.63, 3.8) is 0 Å². The second kappa shape index (κ2) is 24.4. The predicted octanol–water partition coefficient (Wildman–Crippen LogP) is -0.274. The Labute approximate surface area is 367 Å². The van der Waals surface area contributed by atoms with Crippen molar-refractivity contribution in [2.24, 2.45) is 23.5 Å². The molecule has 2 aromatic heterocycles. The summed E-state index contributed by atoms with van der Waals surface area (Å²) in [5.74, 6) is -5.67. The van der Waals surface area contributed by atoms with E-state index in [1.165, 1.54) is 26.4 Å². The first kappa shape index (κ1) is 51.0. The molecule has 3 aromatic rings. The summed E-state index contributed by atoms with van der Waals surface area (Å²) in [6.07, 6.45) is 3.51. The fourth-order valence-corrected chi connectivity index (χ4v) is 6.92. The Morgan fingerprint density at radius 2 is 1.35 bits per heavy atom. The summed E-state index contributed by atoms with van der Waals surface area (Å²) in [4.78, 5) is 114. The van der Waals surface area contributed by atoms with Crippen LogP contribution in [0.5, 0.6) is 0 Å². The maximum absolute atomic E-state index is 13.8. The van der Waals surface area contributed by atoms with E-state index >= 15 is 0 Å². The second-order valence-corrected chi connectivity index (χ2v) is 17.0. The molecule has 0 fully saturated rings. The number of para-hydroxylation sites is 1. The molecular formula is C43H65N11O9. The molecule has 3 rings (SSSR count). The van der Waals surface area contributed by atoms with Crippen molar-refractivity contribution < 1.29 is 43.5 Å². The van der Waals surface area contributed by atoms with Crippen molar-refractivity contribution in [1.29, 1.82) is 0 Å². The number of rotatable bonds is 25. The molecule has 346 valence electrons. The lowest BCUT2D eigenvalue weighted by atomic mass is 9.96. The maximum atomic E-state index is 13.8. The van der Waals surface area contributed by atoms with Crippen LogP contribution in [-0.4, -0.2) is 116 Å². The van der Waals surface area contributed by atoms with E-state index in [4.69, 9.17) is 5.73 Å². The molecule has 0 aliphatic rings. The number of nitrogens with zero attached hydrogens (tertiary/aromatic N) is 1. The predicted molar refractivity (Wildman–Crippen MR) is 234 cm³/mol. The number of hydrogen-bond acceptors (Lipinski definition) is 10. The molecule has 0 saturated heterocycles. The molecule has 20 nitrogen and oxygen atoms in total. The highest BCUT2D eigenvalue weighted by Gasteiger charge is 2.32. The van der Waals surface area contributed by atoms with Gasteiger partial charge in [-0.3, -0.25) is 38.4 Å². The Bertz CT molecular complexity index is 2030. The maximum Gasteiger partial charge on any atom is 0.243 e. The van der Waals surface area contributed by atoms with Crippen LogP contribution in [-0.2, 0) is 51.2 Å². The quantitative estimate of drug-likeness (QED) is 0.0529. The molecule has 2 unspecified atom stereocenters. The van der Waals surface area contributed by atoms with Crippen LogP contribution in [0.3, 0.4) is 0 Å². The van der Waals surface area contributed by atoms with E-state index < -0.39 is 108 Å². The number of aromatic amines is 2. The number of amides is 8. The molecule has 0 spiro atoms. The number of nitrogens with one attached hydrogen (secondary N) is 9. The lowest BCUT2D eigenvalue weighted by Gasteiger charge is -2.28. The fraction of sp³-hybridized carbons (Fsp3) is 0.558. The molecule has 0 aliphatic heterocycles. The van der Waals surface area contributed by atoms with Crippen molar-refractivity contribution in [1.82, 2.24) is 52.2 Å². The van der Waals surface area contributed by atoms with Crippen LogP contribution in [0.4, 0.5) is 0 Å². The Morgan fingerprint density at radius 3 is 1.95 bits per heavy atom. The summed E-state index contributed by atoms with van der Waals surface area (Å²) in [7, 11) is 0. The summed E-state index contributed by atoms with van der Waals surface area (Å²) >= 11 is 0. The van der Waals surface area contributed by atoms with Crippen LogP contribution in [0, 0.1) is 17.8 Å². The zero-order chi connectivity index (χ0) is 47.0. The van der Waals surface area contributed by atoms with Gasteiger partial charge in [-0.15, -0.1) is 0 Å². The van der Waals surface area contributed by atoms with Crippen LogP contribution < -0.4 is 43.0 Å². The SMILES string of the molecule is CC(=O)N[C@H](Cc1c[nH]c2ccccc12)C(=O)N[C@H](C)C(=O)N[C@@H](C(=O)NCC(=O)N[C@H](Cc1c[nH]cn1)C(=O)NC(CC(C)C)C(O)CC(=O)N[C@H](CC(C)C)C(N)=O)C(C)C. The van der Waals surface area contributed by atoms with E-state index in [1.54, 1.807) is 20.0 Å². The summed E-state index contributed by atoms with van der Waals surface area (Å²) < 4.78 is 0. The first-order valence-corrected chi connectivity index (χ1v) is 21.2. The topological polar surface area (TPSA) is 311 Å². The van der Waals surface area contributed by atoms with Gasteiger partial charge in [-0.2, -0.15) is 0 Å². The zero-order valence-electron chi connectivity index (χ0n) is 37.3. The number of aliphatic hydroxyl groups excluding tert-OH is 1. The van der Waals surface area contributed by atoms with Gasteiger partial charge in [-0.1, -0.05) is 59.7 Å². The van der Waals surface area contributed by atoms with Gasteiger partial charge >= 0.3 is 0 Å². The molecule has 0 radical (unpaired) electrons. The Balaban J connectivity index is 1.64. The smallest absolute Gasteiger partial charge is 0.243 e. The van der Waals surface area contributed by atoms with E-state index in [1.807, 2.05) is 52.0 Å². The number of benzene rings is 1. The normalized spacial score (nSPS) is 14.7. The molecular weight excluding hydrogens is 815 g/mol. The van der Waals surface area contributed by atoms with E-state index in [2.05, 4.69) is 52.2 Å². The van der Waals surface area contributed by atoms with Gasteiger partial charge in [0.2, 0.25) is 47.3 Å². The van der Waals surface area contributed by atoms with Gasteiger partial charge in [0.15, 0.2) is 0 Å². The third kappa shape index (κ3) is 16.8. The minimum Gasteiger partial charge on any atom is -0.390 e. The van der Waals surface area contributed by atoms with Gasteiger partial charge in [-0.25, -0.2) is 4.98 Å². The van der Waals surface area contributed by atoms with Crippen LogP contribution >= 0.6 is 0 Å². The standard InChI is InChI=1S/C43H65N11O9/c1-22(2)13-31(35(56)17-36(57)51-32(39(44)59)14-23(3)4)53-42(62)34(16-28-19-45-21-48-28)52-37(58)20-47-43(63)38(24(5)6)54-40(60)25(7)49-41(61)33(50-26(8)55)15-27-18-46-30-12-10-9-11-29(27)30/h9-12,18-19,21-25,31-35,38,46,56H,13-17,20H2,1-8H3,(H2,44,59)(H,45,48)(H,47,63)(H,49,61)(H,50,55)(H,51,57)(H,52,58)(H,53,62)(H,54,60)/t25-,31?,32-,33-,34-,35?,38-/m1/s1. The summed E-state index contributed by atoms with van der Waals surface area (Å²) in [5, 5.41) is 30.3. The third-order valence-electron chi connectivity index (χ3n) is 10.1. The molecule has 0 saturated carbocycles. The highest BCUT2D eigenvalue weighted by molar-refractivity contribution is 5.96. The Hall–Kier alpha value is -6.31. The van der Waals surface area contributed by atoms with Gasteiger partial charge in [0.05, 0.1) is 37.1 Å². The number of primary amides is 1. The van der Waals surface area contributed by atoms with Gasteiger partial charge < -0.3 is 58.0 Å². The lowest BCUT2D eigenvalue weighted by molar-refractivity contribution is -0.134. The minimum atomic E-state index is -1.37. The monoisotopic (exact) mass is 879 g/mol. The molecule has 0 bridgehead atoms. The third-order valence-corrected chi connectivity index (χ3v) is 10.1. The van der Waals surface area contributed by atoms with Crippen molar-refractivity contribution in [2.75, 3.05) is 6.54 Å². The fourth-order valence-electron chi connectivity index (χ4n) is 6.92. The van der Waals surface area contributed by atoms with Crippen molar-refractivity contribution in [3.8, 4) is 0 Å². The van der Waals surface area contributed by atoms with Crippen LogP contribution in [0.1, 0.15) is 85.9 Å². The van der Waals surface area contributed by atoms with Gasteiger partial charge in [-0.05, 0) is 49.1 Å². The summed E-state index contributed by atoms with van der Waals surface area (Å²) in [6, 6.07) is 1.13. The molecule has 8 amide bonds. The van der Waals surface area contributed by atoms with Gasteiger partial charge in [0.25, 0.3) is 0 Å². The number of imidazole rings is 1. The van der Waals surface area contributed by atoms with Crippen molar-refractivity contribution in [3.05, 3.63) is 54.2 Å². The zero-order valence-corrected chi connectivity index (χ0v) is 37.3. The minimum absolute atomic E-state index is 0.0350. The lowest BCUT2D eigenvalue weighted by Crippen LogP contribution is -2.58. The van der Waals surface area contributed by atoms with Gasteiger partial charge in [0, 0.05) is 43.1 Å². The van der Waals surface area contributed by atoms with E-state index in [-0.39, 0.29) is 31.1 Å². The van der Waals surface area contributed by atoms with Crippen LogP contribution in [0.2, 0.25) is 0 Å². The van der Waals surface area contributed by atoms with Gasteiger partial charge in [0.1, 0.15) is 30.2 Å². The molecule has 63 heavy (non-hydrogen) atoms. The average Bonchev–Trinajstić information content (AvgIpc) is 3.87. The van der Waals surface area contributed by atoms with E-state index in [9.17, 15) is 43.5 Å². The number of aliphatic hydroxyl groups is 1. The molecule has 1 aromatic carbocycles. The Morgan fingerprint density at radius 1 is 0.714 bits per heavy atom. The summed E-state index contributed by atoms with van der Waals surface area (Å²) in [6.45, 7) is 13.0. The number of nitrogens with two attached hydrogens (primary N) is 1. The van der Waals surface area contributed by atoms with Crippen molar-refractivity contribution >= 4 is 58.2 Å². The van der Waals surface area contributed by atoms with Crippen LogP contribution in [0.15, 0.2) is 43.0 Å². The number of carbonyl (C=O) groups excluding carboxylic acids is 8. The van der Waals surface area contributed by atoms with E-state index in [0.29, 0.717) is 12.1 Å². The first-order valence-electron chi connectivity index (χ1n) is 21.2. The largest absolute Gasteiger partial charge is 0.390 e. The first-order chi connectivity index (χ1) is 29.6. The van der Waals surface area contributed by atoms with Crippen LogP contribution in [0.25, 0.3) is 10.9 Å². The molecule has 20 heteroatoms. The number of aromatic nitrogens is 3. The second-order valence-electron chi connectivity index (χ2n) is 17.0. The number of hydrogen-bond donors (Lipinski definition) is 11. The highest BCUT2D eigenvalue weighted by atomic mass is 16.3. The van der Waals surface area contributed by atoms with E-state index in [0.717, 1.165) is 16.5 Å². The van der Waals surface area contributed by atoms with Crippen molar-refractivity contribution in [2.45, 2.75) is 130 Å².